The number of nitrogens with one attached hydrogen (secondary N) is 1. The summed E-state index contributed by atoms with van der Waals surface area (Å²) in [7, 11) is 3.72. The Balaban J connectivity index is 1.33. The number of hydrogen-bond donors (Lipinski definition) is 1. The summed E-state index contributed by atoms with van der Waals surface area (Å²) in [5.74, 6) is -0.664. The van der Waals surface area contributed by atoms with Crippen LogP contribution in [0.2, 0.25) is 0 Å². The van der Waals surface area contributed by atoms with Gasteiger partial charge in [-0.05, 0) is 98.0 Å². The van der Waals surface area contributed by atoms with Gasteiger partial charge in [0.1, 0.15) is 5.82 Å². The van der Waals surface area contributed by atoms with Crippen LogP contribution in [0.5, 0.6) is 0 Å². The fourth-order valence-corrected chi connectivity index (χ4v) is 6.82. The molecule has 2 aliphatic heterocycles. The largest absolute Gasteiger partial charge is 0.347 e. The summed E-state index contributed by atoms with van der Waals surface area (Å²) in [6, 6.07) is 20.3. The molecule has 0 fully saturated rings. The van der Waals surface area contributed by atoms with E-state index in [2.05, 4.69) is 47.7 Å². The van der Waals surface area contributed by atoms with Crippen molar-refractivity contribution in [3.63, 3.8) is 0 Å². The molecule has 0 saturated carbocycles. The standard InChI is InChI=1S/C37H37FN6O2/c1-23-15-25-7-5-6-8-27(25)21-43(23)36(45)34-17-28-19-39-14-13-26(28)16-33(34)35-18-32(24(2)42(35)4)37(46)44(31-20-40-41(3)22-31)30-11-9-29(38)10-12-30/h5-12,16-18,20,22-23,39H,13-15,19,21H2,1-4H3/t23-/m1/s1. The molecule has 2 aromatic heterocycles. The number of rotatable bonds is 5. The SMILES string of the molecule is Cc1c(C(=O)N(c2ccc(F)cc2)c2cnn(C)c2)cc(-c2cc3c(cc2C(=O)N2Cc4ccccc4C[C@H]2C)CNCC3)n1C. The molecular weight excluding hydrogens is 579 g/mol. The zero-order valence-electron chi connectivity index (χ0n) is 26.5. The number of nitrogens with zero attached hydrogens (tertiary/aromatic N) is 5. The molecule has 5 aromatic rings. The molecule has 0 saturated heterocycles. The van der Waals surface area contributed by atoms with Crippen LogP contribution in [-0.2, 0) is 40.0 Å². The Bertz CT molecular complexity index is 1970. The lowest BCUT2D eigenvalue weighted by atomic mass is 9.90. The maximum atomic E-state index is 14.5. The Morgan fingerprint density at radius 2 is 1.70 bits per heavy atom. The zero-order chi connectivity index (χ0) is 32.1. The molecule has 1 atom stereocenters. The van der Waals surface area contributed by atoms with E-state index in [9.17, 15) is 14.0 Å². The number of fused-ring (bicyclic) bond motifs is 2. The molecule has 3 aromatic carbocycles. The van der Waals surface area contributed by atoms with Crippen LogP contribution in [0.1, 0.15) is 55.6 Å². The lowest BCUT2D eigenvalue weighted by Crippen LogP contribution is -2.43. The minimum Gasteiger partial charge on any atom is -0.347 e. The van der Waals surface area contributed by atoms with Gasteiger partial charge in [0.25, 0.3) is 11.8 Å². The Morgan fingerprint density at radius 1 is 0.935 bits per heavy atom. The Kier molecular flexibility index (Phi) is 7.56. The van der Waals surface area contributed by atoms with E-state index in [1.807, 2.05) is 35.6 Å². The second-order valence-electron chi connectivity index (χ2n) is 12.4. The summed E-state index contributed by atoms with van der Waals surface area (Å²) in [5.41, 5.74) is 9.39. The first-order valence-corrected chi connectivity index (χ1v) is 15.7. The number of anilines is 2. The fraction of sp³-hybridized carbons (Fsp3) is 0.270. The molecule has 46 heavy (non-hydrogen) atoms. The molecule has 0 bridgehead atoms. The Morgan fingerprint density at radius 3 is 2.43 bits per heavy atom. The van der Waals surface area contributed by atoms with E-state index in [-0.39, 0.29) is 23.7 Å². The van der Waals surface area contributed by atoms with E-state index < -0.39 is 0 Å². The van der Waals surface area contributed by atoms with E-state index in [1.54, 1.807) is 41.2 Å². The Hall–Kier alpha value is -5.02. The molecule has 0 radical (unpaired) electrons. The first-order valence-electron chi connectivity index (χ1n) is 15.7. The molecule has 2 aliphatic rings. The van der Waals surface area contributed by atoms with Crippen molar-refractivity contribution in [1.82, 2.24) is 24.6 Å². The molecule has 7 rings (SSSR count). The van der Waals surface area contributed by atoms with E-state index in [4.69, 9.17) is 0 Å². The third-order valence-corrected chi connectivity index (χ3v) is 9.50. The van der Waals surface area contributed by atoms with E-state index in [1.165, 1.54) is 28.8 Å². The lowest BCUT2D eigenvalue weighted by molar-refractivity contribution is 0.0658. The van der Waals surface area contributed by atoms with Crippen LogP contribution in [0, 0.1) is 12.7 Å². The summed E-state index contributed by atoms with van der Waals surface area (Å²) in [5, 5.41) is 7.73. The molecule has 0 spiro atoms. The van der Waals surface area contributed by atoms with Crippen LogP contribution in [-0.4, -0.2) is 43.6 Å². The van der Waals surface area contributed by atoms with Crippen LogP contribution in [0.25, 0.3) is 11.3 Å². The normalized spacial score (nSPS) is 15.8. The number of amides is 2. The van der Waals surface area contributed by atoms with Gasteiger partial charge in [-0.15, -0.1) is 0 Å². The fourth-order valence-electron chi connectivity index (χ4n) is 6.82. The molecule has 1 N–H and O–H groups in total. The topological polar surface area (TPSA) is 75.4 Å². The van der Waals surface area contributed by atoms with E-state index in [0.29, 0.717) is 35.6 Å². The van der Waals surface area contributed by atoms with Crippen molar-refractivity contribution < 1.29 is 14.0 Å². The molecule has 0 unspecified atom stereocenters. The zero-order valence-corrected chi connectivity index (χ0v) is 26.5. The van der Waals surface area contributed by atoms with Crippen molar-refractivity contribution in [2.75, 3.05) is 11.4 Å². The number of halogens is 1. The van der Waals surface area contributed by atoms with Crippen molar-refractivity contribution in [2.24, 2.45) is 14.1 Å². The number of hydrogen-bond acceptors (Lipinski definition) is 4. The second kappa shape index (κ2) is 11.7. The number of aryl methyl sites for hydroxylation is 1. The smallest absolute Gasteiger partial charge is 0.264 e. The van der Waals surface area contributed by atoms with Crippen LogP contribution in [0.15, 0.2) is 79.1 Å². The summed E-state index contributed by atoms with van der Waals surface area (Å²) in [4.78, 5) is 32.5. The third kappa shape index (κ3) is 5.20. The van der Waals surface area contributed by atoms with Crippen molar-refractivity contribution in [3.8, 4) is 11.3 Å². The number of aromatic nitrogens is 3. The molecule has 8 nitrogen and oxygen atoms in total. The van der Waals surface area contributed by atoms with Gasteiger partial charge in [-0.1, -0.05) is 24.3 Å². The molecule has 9 heteroatoms. The summed E-state index contributed by atoms with van der Waals surface area (Å²) in [6.07, 6.45) is 5.04. The van der Waals surface area contributed by atoms with E-state index in [0.717, 1.165) is 41.9 Å². The van der Waals surface area contributed by atoms with Crippen molar-refractivity contribution in [1.29, 1.82) is 0 Å². The Labute approximate surface area is 268 Å². The number of benzene rings is 3. The van der Waals surface area contributed by atoms with Crippen LogP contribution in [0.4, 0.5) is 15.8 Å². The minimum atomic E-state index is -0.383. The first-order chi connectivity index (χ1) is 22.2. The van der Waals surface area contributed by atoms with Gasteiger partial charge in [-0.25, -0.2) is 4.39 Å². The van der Waals surface area contributed by atoms with Gasteiger partial charge in [0.2, 0.25) is 0 Å². The highest BCUT2D eigenvalue weighted by Crippen LogP contribution is 2.36. The van der Waals surface area contributed by atoms with Gasteiger partial charge in [-0.3, -0.25) is 19.2 Å². The van der Waals surface area contributed by atoms with Crippen LogP contribution >= 0.6 is 0 Å². The van der Waals surface area contributed by atoms with Gasteiger partial charge in [0.15, 0.2) is 0 Å². The van der Waals surface area contributed by atoms with Gasteiger partial charge in [0.05, 0.1) is 17.4 Å². The van der Waals surface area contributed by atoms with Crippen molar-refractivity contribution in [2.45, 2.75) is 45.8 Å². The van der Waals surface area contributed by atoms with E-state index >= 15 is 0 Å². The molecule has 0 aliphatic carbocycles. The number of carbonyl (C=O) groups excluding carboxylic acids is 2. The highest BCUT2D eigenvalue weighted by Gasteiger charge is 2.32. The summed E-state index contributed by atoms with van der Waals surface area (Å²) >= 11 is 0. The monoisotopic (exact) mass is 616 g/mol. The second-order valence-corrected chi connectivity index (χ2v) is 12.4. The predicted molar refractivity (Wildman–Crippen MR) is 177 cm³/mol. The maximum absolute atomic E-state index is 14.5. The van der Waals surface area contributed by atoms with Crippen molar-refractivity contribution in [3.05, 3.63) is 124 Å². The maximum Gasteiger partial charge on any atom is 0.264 e. The van der Waals surface area contributed by atoms with Gasteiger partial charge in [0, 0.05) is 67.6 Å². The van der Waals surface area contributed by atoms with Crippen molar-refractivity contribution >= 4 is 23.2 Å². The highest BCUT2D eigenvalue weighted by molar-refractivity contribution is 6.12. The molecule has 2 amide bonds. The highest BCUT2D eigenvalue weighted by atomic mass is 19.1. The van der Waals surface area contributed by atoms with Crippen LogP contribution < -0.4 is 10.2 Å². The van der Waals surface area contributed by atoms with Gasteiger partial charge < -0.3 is 14.8 Å². The van der Waals surface area contributed by atoms with Gasteiger partial charge >= 0.3 is 0 Å². The van der Waals surface area contributed by atoms with Crippen LogP contribution in [0.3, 0.4) is 0 Å². The average Bonchev–Trinajstić information content (AvgIpc) is 3.62. The molecule has 4 heterocycles. The van der Waals surface area contributed by atoms with Gasteiger partial charge in [-0.2, -0.15) is 5.10 Å². The number of carbonyl (C=O) groups is 2. The lowest BCUT2D eigenvalue weighted by Gasteiger charge is -2.35. The summed E-state index contributed by atoms with van der Waals surface area (Å²) < 4.78 is 17.5. The average molecular weight is 617 g/mol. The molecular formula is C37H37FN6O2. The summed E-state index contributed by atoms with van der Waals surface area (Å²) in [6.45, 7) is 6.16. The molecule has 234 valence electrons. The first kappa shape index (κ1) is 29.7. The predicted octanol–water partition coefficient (Wildman–Crippen LogP) is 6.08. The third-order valence-electron chi connectivity index (χ3n) is 9.50. The minimum absolute atomic E-state index is 0.0135. The quantitative estimate of drug-likeness (QED) is 0.260.